The molecule has 0 amide bonds. The molecule has 0 unspecified atom stereocenters. The van der Waals surface area contributed by atoms with Crippen molar-refractivity contribution in [1.82, 2.24) is 0 Å². The van der Waals surface area contributed by atoms with Crippen LogP contribution in [0.3, 0.4) is 0 Å². The molecule has 2 N–H and O–H groups in total. The summed E-state index contributed by atoms with van der Waals surface area (Å²) in [5.74, 6) is 0.536. The van der Waals surface area contributed by atoms with Gasteiger partial charge < -0.3 is 15.1 Å². The Morgan fingerprint density at radius 3 is 2.88 bits per heavy atom. The molecule has 3 nitrogen and oxygen atoms in total. The second kappa shape index (κ2) is 5.01. The van der Waals surface area contributed by atoms with E-state index in [0.29, 0.717) is 13.1 Å². The van der Waals surface area contributed by atoms with E-state index in [9.17, 15) is 4.39 Å². The minimum Gasteiger partial charge on any atom is -0.468 e. The van der Waals surface area contributed by atoms with E-state index in [1.54, 1.807) is 12.3 Å². The van der Waals surface area contributed by atoms with Crippen LogP contribution in [0.25, 0.3) is 0 Å². The molecule has 0 saturated heterocycles. The fourth-order valence-electron chi connectivity index (χ4n) is 1.75. The lowest BCUT2D eigenvalue weighted by atomic mass is 10.2. The molecule has 0 aliphatic carbocycles. The quantitative estimate of drug-likeness (QED) is 0.883. The smallest absolute Gasteiger partial charge is 0.125 e. The van der Waals surface area contributed by atoms with Crippen molar-refractivity contribution in [2.75, 3.05) is 11.9 Å². The predicted octanol–water partition coefficient (Wildman–Crippen LogP) is 2.51. The van der Waals surface area contributed by atoms with E-state index in [-0.39, 0.29) is 5.82 Å². The van der Waals surface area contributed by atoms with Crippen molar-refractivity contribution >= 4 is 5.69 Å². The Morgan fingerprint density at radius 2 is 2.18 bits per heavy atom. The molecule has 0 saturated carbocycles. The van der Waals surface area contributed by atoms with Crippen molar-refractivity contribution in [1.29, 1.82) is 0 Å². The molecule has 17 heavy (non-hydrogen) atoms. The number of hydrogen-bond acceptors (Lipinski definition) is 3. The van der Waals surface area contributed by atoms with Gasteiger partial charge in [-0.15, -0.1) is 0 Å². The van der Waals surface area contributed by atoms with Crippen molar-refractivity contribution in [2.45, 2.75) is 13.1 Å². The van der Waals surface area contributed by atoms with Crippen molar-refractivity contribution in [3.8, 4) is 0 Å². The maximum Gasteiger partial charge on any atom is 0.125 e. The fraction of sp³-hybridized carbons (Fsp3) is 0.231. The van der Waals surface area contributed by atoms with E-state index in [1.807, 2.05) is 24.1 Å². The summed E-state index contributed by atoms with van der Waals surface area (Å²) in [4.78, 5) is 1.95. The lowest BCUT2D eigenvalue weighted by molar-refractivity contribution is 0.507. The van der Waals surface area contributed by atoms with Crippen LogP contribution in [0.4, 0.5) is 10.1 Å². The number of rotatable bonds is 4. The molecule has 1 aromatic carbocycles. The zero-order valence-electron chi connectivity index (χ0n) is 9.69. The number of anilines is 1. The van der Waals surface area contributed by atoms with Crippen molar-refractivity contribution in [3.05, 3.63) is 53.7 Å². The molecule has 0 bridgehead atoms. The van der Waals surface area contributed by atoms with Crippen LogP contribution in [0.1, 0.15) is 11.3 Å². The van der Waals surface area contributed by atoms with Crippen LogP contribution < -0.4 is 10.6 Å². The first kappa shape index (κ1) is 11.7. The van der Waals surface area contributed by atoms with E-state index < -0.39 is 0 Å². The van der Waals surface area contributed by atoms with Gasteiger partial charge in [-0.3, -0.25) is 0 Å². The monoisotopic (exact) mass is 234 g/mol. The molecular weight excluding hydrogens is 219 g/mol. The summed E-state index contributed by atoms with van der Waals surface area (Å²) in [6.07, 6.45) is 1.62. The van der Waals surface area contributed by atoms with Crippen LogP contribution in [0.2, 0.25) is 0 Å². The molecular formula is C13H15FN2O. The number of nitrogens with two attached hydrogens (primary N) is 1. The predicted molar refractivity (Wildman–Crippen MR) is 65.1 cm³/mol. The maximum absolute atomic E-state index is 13.1. The Morgan fingerprint density at radius 1 is 1.35 bits per heavy atom. The van der Waals surface area contributed by atoms with Crippen molar-refractivity contribution < 1.29 is 8.81 Å². The Hall–Kier alpha value is -1.81. The molecule has 2 rings (SSSR count). The van der Waals surface area contributed by atoms with Gasteiger partial charge in [0.1, 0.15) is 11.6 Å². The summed E-state index contributed by atoms with van der Waals surface area (Å²) in [5, 5.41) is 0. The van der Waals surface area contributed by atoms with Gasteiger partial charge in [0, 0.05) is 24.8 Å². The molecule has 1 heterocycles. The standard InChI is InChI=1S/C13H15FN2O/c1-16(12-4-2-3-11(14)7-12)9-10-5-6-17-13(10)8-15/h2-7H,8-9,15H2,1H3. The molecule has 1 aromatic heterocycles. The second-order valence-electron chi connectivity index (χ2n) is 3.91. The van der Waals surface area contributed by atoms with Crippen molar-refractivity contribution in [2.24, 2.45) is 5.73 Å². The fourth-order valence-corrected chi connectivity index (χ4v) is 1.75. The normalized spacial score (nSPS) is 10.5. The maximum atomic E-state index is 13.1. The lowest BCUT2D eigenvalue weighted by Crippen LogP contribution is -2.17. The third-order valence-corrected chi connectivity index (χ3v) is 2.68. The second-order valence-corrected chi connectivity index (χ2v) is 3.91. The molecule has 0 radical (unpaired) electrons. The zero-order chi connectivity index (χ0) is 12.3. The van der Waals surface area contributed by atoms with Crippen LogP contribution in [-0.2, 0) is 13.1 Å². The van der Waals surface area contributed by atoms with Gasteiger partial charge in [-0.2, -0.15) is 0 Å². The Balaban J connectivity index is 2.14. The Bertz CT molecular complexity index is 496. The van der Waals surface area contributed by atoms with Gasteiger partial charge in [0.2, 0.25) is 0 Å². The summed E-state index contributed by atoms with van der Waals surface area (Å²) in [7, 11) is 1.90. The SMILES string of the molecule is CN(Cc1ccoc1CN)c1cccc(F)c1. The van der Waals surface area contributed by atoms with Gasteiger partial charge in [-0.25, -0.2) is 4.39 Å². The topological polar surface area (TPSA) is 42.4 Å². The van der Waals surface area contributed by atoms with Gasteiger partial charge in [0.05, 0.1) is 12.8 Å². The van der Waals surface area contributed by atoms with Gasteiger partial charge in [-0.1, -0.05) is 6.07 Å². The average molecular weight is 234 g/mol. The molecule has 0 atom stereocenters. The van der Waals surface area contributed by atoms with E-state index in [2.05, 4.69) is 0 Å². The first-order valence-electron chi connectivity index (χ1n) is 5.42. The molecule has 0 aliphatic rings. The highest BCUT2D eigenvalue weighted by Crippen LogP contribution is 2.18. The summed E-state index contributed by atoms with van der Waals surface area (Å²) in [6, 6.07) is 8.38. The van der Waals surface area contributed by atoms with Crippen molar-refractivity contribution in [3.63, 3.8) is 0 Å². The molecule has 4 heteroatoms. The van der Waals surface area contributed by atoms with Gasteiger partial charge in [0.25, 0.3) is 0 Å². The number of nitrogens with zero attached hydrogens (tertiary/aromatic N) is 1. The van der Waals surface area contributed by atoms with Gasteiger partial charge in [0.15, 0.2) is 0 Å². The van der Waals surface area contributed by atoms with Gasteiger partial charge in [-0.05, 0) is 24.3 Å². The summed E-state index contributed by atoms with van der Waals surface area (Å²) >= 11 is 0. The number of furan rings is 1. The van der Waals surface area contributed by atoms with E-state index in [0.717, 1.165) is 17.0 Å². The Labute approximate surface area is 99.6 Å². The van der Waals surface area contributed by atoms with Gasteiger partial charge >= 0.3 is 0 Å². The van der Waals surface area contributed by atoms with E-state index >= 15 is 0 Å². The van der Waals surface area contributed by atoms with E-state index in [1.165, 1.54) is 12.1 Å². The summed E-state index contributed by atoms with van der Waals surface area (Å²) in [5.41, 5.74) is 7.42. The third-order valence-electron chi connectivity index (χ3n) is 2.68. The highest BCUT2D eigenvalue weighted by molar-refractivity contribution is 5.46. The summed E-state index contributed by atoms with van der Waals surface area (Å²) in [6.45, 7) is 1.02. The average Bonchev–Trinajstić information content (AvgIpc) is 2.76. The molecule has 2 aromatic rings. The largest absolute Gasteiger partial charge is 0.468 e. The zero-order valence-corrected chi connectivity index (χ0v) is 9.69. The lowest BCUT2D eigenvalue weighted by Gasteiger charge is -2.19. The minimum atomic E-state index is -0.236. The van der Waals surface area contributed by atoms with Crippen LogP contribution in [0.15, 0.2) is 41.0 Å². The number of hydrogen-bond donors (Lipinski definition) is 1. The number of benzene rings is 1. The molecule has 90 valence electrons. The van der Waals surface area contributed by atoms with Crippen LogP contribution in [0, 0.1) is 5.82 Å². The van der Waals surface area contributed by atoms with Crippen LogP contribution in [0.5, 0.6) is 0 Å². The first-order valence-corrected chi connectivity index (χ1v) is 5.42. The highest BCUT2D eigenvalue weighted by atomic mass is 19.1. The molecule has 0 fully saturated rings. The van der Waals surface area contributed by atoms with Crippen LogP contribution in [-0.4, -0.2) is 7.05 Å². The van der Waals surface area contributed by atoms with Crippen LogP contribution >= 0.6 is 0 Å². The number of halogens is 1. The first-order chi connectivity index (χ1) is 8.20. The molecule has 0 aliphatic heterocycles. The third kappa shape index (κ3) is 2.65. The minimum absolute atomic E-state index is 0.236. The highest BCUT2D eigenvalue weighted by Gasteiger charge is 2.08. The Kier molecular flexibility index (Phi) is 3.44. The summed E-state index contributed by atoms with van der Waals surface area (Å²) < 4.78 is 18.3. The van der Waals surface area contributed by atoms with E-state index in [4.69, 9.17) is 10.2 Å². The molecule has 0 spiro atoms.